The molecule has 15 heavy (non-hydrogen) atoms. The van der Waals surface area contributed by atoms with E-state index in [0.717, 1.165) is 12.1 Å². The third-order valence-corrected chi connectivity index (χ3v) is 2.21. The summed E-state index contributed by atoms with van der Waals surface area (Å²) < 4.78 is 36.8. The molecule has 1 aromatic carbocycles. The first-order chi connectivity index (χ1) is 6.86. The van der Waals surface area contributed by atoms with Crippen molar-refractivity contribution in [3.63, 3.8) is 0 Å². The van der Waals surface area contributed by atoms with Crippen LogP contribution in [0.4, 0.5) is 13.2 Å². The highest BCUT2D eigenvalue weighted by molar-refractivity contribution is 6.70. The number of nitrogens with zero attached hydrogens (tertiary/aromatic N) is 1. The highest BCUT2D eigenvalue weighted by atomic mass is 35.5. The maximum atomic E-state index is 12.3. The molecule has 0 saturated heterocycles. The van der Waals surface area contributed by atoms with Crippen LogP contribution in [0.25, 0.3) is 0 Å². The van der Waals surface area contributed by atoms with E-state index in [-0.39, 0.29) is 10.6 Å². The zero-order valence-corrected chi connectivity index (χ0v) is 8.53. The van der Waals surface area contributed by atoms with E-state index in [9.17, 15) is 13.2 Å². The molecule has 0 spiro atoms. The molecule has 82 valence electrons. The van der Waals surface area contributed by atoms with Gasteiger partial charge < -0.3 is 5.21 Å². The van der Waals surface area contributed by atoms with Gasteiger partial charge in [-0.05, 0) is 18.2 Å². The second-order valence-electron chi connectivity index (χ2n) is 2.58. The van der Waals surface area contributed by atoms with Crippen molar-refractivity contribution in [1.82, 2.24) is 0 Å². The minimum Gasteiger partial charge on any atom is -0.410 e. The molecule has 0 heterocycles. The van der Waals surface area contributed by atoms with E-state index >= 15 is 0 Å². The Morgan fingerprint density at radius 1 is 1.33 bits per heavy atom. The molecule has 0 atom stereocenters. The van der Waals surface area contributed by atoms with Crippen LogP contribution in [0.2, 0.25) is 5.02 Å². The number of halogens is 5. The smallest absolute Gasteiger partial charge is 0.410 e. The van der Waals surface area contributed by atoms with E-state index < -0.39 is 16.9 Å². The van der Waals surface area contributed by atoms with Gasteiger partial charge in [0.2, 0.25) is 0 Å². The summed E-state index contributed by atoms with van der Waals surface area (Å²) in [6.07, 6.45) is -4.49. The Hall–Kier alpha value is -0.940. The number of oxime groups is 1. The molecule has 0 unspecified atom stereocenters. The second kappa shape index (κ2) is 4.28. The van der Waals surface area contributed by atoms with Crippen LogP contribution in [0.1, 0.15) is 11.1 Å². The third kappa shape index (κ3) is 2.76. The van der Waals surface area contributed by atoms with Crippen LogP contribution >= 0.6 is 23.2 Å². The fourth-order valence-electron chi connectivity index (χ4n) is 0.914. The predicted molar refractivity (Wildman–Crippen MR) is 50.6 cm³/mol. The molecule has 0 aliphatic rings. The van der Waals surface area contributed by atoms with Gasteiger partial charge in [0.25, 0.3) is 0 Å². The van der Waals surface area contributed by atoms with Gasteiger partial charge in [-0.15, -0.1) is 0 Å². The first-order valence-electron chi connectivity index (χ1n) is 3.61. The zero-order chi connectivity index (χ0) is 11.6. The molecule has 1 N–H and O–H groups in total. The average molecular weight is 258 g/mol. The summed E-state index contributed by atoms with van der Waals surface area (Å²) >= 11 is 10.9. The molecule has 1 aromatic rings. The Bertz CT molecular complexity index is 403. The number of benzene rings is 1. The lowest BCUT2D eigenvalue weighted by Gasteiger charge is -2.08. The molecule has 0 bridgehead atoms. The van der Waals surface area contributed by atoms with Crippen molar-refractivity contribution in [2.24, 2.45) is 5.16 Å². The highest BCUT2D eigenvalue weighted by Crippen LogP contribution is 2.32. The first-order valence-corrected chi connectivity index (χ1v) is 4.36. The van der Waals surface area contributed by atoms with Crippen molar-refractivity contribution in [2.45, 2.75) is 6.18 Å². The normalized spacial score (nSPS) is 13.0. The van der Waals surface area contributed by atoms with E-state index in [1.54, 1.807) is 0 Å². The molecule has 7 heteroatoms. The maximum absolute atomic E-state index is 12.3. The Labute approximate surface area is 92.9 Å². The summed E-state index contributed by atoms with van der Waals surface area (Å²) in [6, 6.07) is 2.56. The van der Waals surface area contributed by atoms with Crippen molar-refractivity contribution in [3.8, 4) is 0 Å². The van der Waals surface area contributed by atoms with E-state index in [2.05, 4.69) is 5.16 Å². The number of hydrogen-bond donors (Lipinski definition) is 1. The number of hydrogen-bond acceptors (Lipinski definition) is 2. The average Bonchev–Trinajstić information content (AvgIpc) is 2.15. The molecule has 0 aliphatic carbocycles. The van der Waals surface area contributed by atoms with Gasteiger partial charge in [-0.1, -0.05) is 28.4 Å². The Balaban J connectivity index is 3.29. The standard InChI is InChI=1S/C8H4Cl2F3NO/c9-6-2-1-4(8(11,12)13)3-5(6)7(10)14-15/h1-3,15H. The van der Waals surface area contributed by atoms with Crippen LogP contribution in [0.15, 0.2) is 23.4 Å². The minimum atomic E-state index is -4.49. The molecule has 0 aliphatic heterocycles. The molecule has 0 aromatic heterocycles. The van der Waals surface area contributed by atoms with E-state index in [1.165, 1.54) is 0 Å². The topological polar surface area (TPSA) is 32.6 Å². The van der Waals surface area contributed by atoms with Crippen LogP contribution in [-0.4, -0.2) is 10.4 Å². The van der Waals surface area contributed by atoms with Crippen molar-refractivity contribution in [1.29, 1.82) is 0 Å². The minimum absolute atomic E-state index is 0.0224. The Morgan fingerprint density at radius 2 is 1.93 bits per heavy atom. The van der Waals surface area contributed by atoms with Gasteiger partial charge in [0.15, 0.2) is 5.17 Å². The predicted octanol–water partition coefficient (Wildman–Crippen LogP) is 3.73. The van der Waals surface area contributed by atoms with Crippen molar-refractivity contribution >= 4 is 28.4 Å². The maximum Gasteiger partial charge on any atom is 0.416 e. The van der Waals surface area contributed by atoms with Gasteiger partial charge in [0.05, 0.1) is 10.6 Å². The lowest BCUT2D eigenvalue weighted by Crippen LogP contribution is -2.06. The molecular formula is C8H4Cl2F3NO. The summed E-state index contributed by atoms with van der Waals surface area (Å²) in [4.78, 5) is 0. The number of rotatable bonds is 1. The second-order valence-corrected chi connectivity index (χ2v) is 3.35. The summed E-state index contributed by atoms with van der Waals surface area (Å²) in [5.74, 6) is 0. The fraction of sp³-hybridized carbons (Fsp3) is 0.125. The Morgan fingerprint density at radius 3 is 2.40 bits per heavy atom. The van der Waals surface area contributed by atoms with E-state index in [1.807, 2.05) is 0 Å². The summed E-state index contributed by atoms with van der Waals surface area (Å²) in [5, 5.41) is 10.4. The van der Waals surface area contributed by atoms with Crippen LogP contribution in [0, 0.1) is 0 Å². The summed E-state index contributed by atoms with van der Waals surface area (Å²) in [7, 11) is 0. The number of alkyl halides is 3. The molecule has 0 fully saturated rings. The van der Waals surface area contributed by atoms with Gasteiger partial charge in [-0.25, -0.2) is 0 Å². The molecule has 0 amide bonds. The highest BCUT2D eigenvalue weighted by Gasteiger charge is 2.31. The van der Waals surface area contributed by atoms with Crippen LogP contribution in [0.5, 0.6) is 0 Å². The third-order valence-electron chi connectivity index (χ3n) is 1.60. The lowest BCUT2D eigenvalue weighted by molar-refractivity contribution is -0.137. The van der Waals surface area contributed by atoms with Gasteiger partial charge >= 0.3 is 6.18 Å². The van der Waals surface area contributed by atoms with Gasteiger partial charge in [-0.2, -0.15) is 13.2 Å². The van der Waals surface area contributed by atoms with Crippen LogP contribution < -0.4 is 0 Å². The quantitative estimate of drug-likeness (QED) is 0.464. The zero-order valence-electron chi connectivity index (χ0n) is 7.02. The van der Waals surface area contributed by atoms with Crippen molar-refractivity contribution in [3.05, 3.63) is 34.3 Å². The Kier molecular flexibility index (Phi) is 3.46. The van der Waals surface area contributed by atoms with Gasteiger partial charge in [0, 0.05) is 5.56 Å². The van der Waals surface area contributed by atoms with Crippen molar-refractivity contribution in [2.75, 3.05) is 0 Å². The first kappa shape index (κ1) is 12.1. The molecule has 1 rings (SSSR count). The lowest BCUT2D eigenvalue weighted by atomic mass is 10.1. The molecule has 0 saturated carbocycles. The molecule has 0 radical (unpaired) electrons. The van der Waals surface area contributed by atoms with Gasteiger partial charge in [-0.3, -0.25) is 0 Å². The van der Waals surface area contributed by atoms with E-state index in [4.69, 9.17) is 28.4 Å². The molecular weight excluding hydrogens is 254 g/mol. The van der Waals surface area contributed by atoms with Crippen molar-refractivity contribution < 1.29 is 18.4 Å². The monoisotopic (exact) mass is 257 g/mol. The van der Waals surface area contributed by atoms with Crippen LogP contribution in [0.3, 0.4) is 0 Å². The fourth-order valence-corrected chi connectivity index (χ4v) is 1.33. The van der Waals surface area contributed by atoms with E-state index in [0.29, 0.717) is 6.07 Å². The molecule has 2 nitrogen and oxygen atoms in total. The summed E-state index contributed by atoms with van der Waals surface area (Å²) in [5.41, 5.74) is -1.08. The SMILES string of the molecule is ON=C(Cl)c1cc(C(F)(F)F)ccc1Cl. The summed E-state index contributed by atoms with van der Waals surface area (Å²) in [6.45, 7) is 0. The van der Waals surface area contributed by atoms with Gasteiger partial charge in [0.1, 0.15) is 0 Å². The van der Waals surface area contributed by atoms with Crippen LogP contribution in [-0.2, 0) is 6.18 Å². The largest absolute Gasteiger partial charge is 0.416 e.